The van der Waals surface area contributed by atoms with Gasteiger partial charge in [0.05, 0.1) is 6.26 Å². The zero-order chi connectivity index (χ0) is 17.7. The lowest BCUT2D eigenvalue weighted by atomic mass is 9.69. The van der Waals surface area contributed by atoms with Crippen LogP contribution in [0.1, 0.15) is 25.0 Å². The standard InChI is InChI=1S/C18H20FNO4S/c19-15-6-1-2-7-16(15)25(22,23)20-11-13-5-3-9-18(21,14(13)12-20)17-8-4-10-24-17/h1-2,4,6-8,10,13-14,21H,3,5,9,11-12H2/t13-,14+,18+/m0/s1. The van der Waals surface area contributed by atoms with Gasteiger partial charge in [0.1, 0.15) is 22.1 Å². The number of benzene rings is 1. The monoisotopic (exact) mass is 365 g/mol. The van der Waals surface area contributed by atoms with Gasteiger partial charge in [-0.25, -0.2) is 12.8 Å². The number of sulfonamides is 1. The van der Waals surface area contributed by atoms with E-state index >= 15 is 0 Å². The first kappa shape index (κ1) is 16.8. The van der Waals surface area contributed by atoms with Gasteiger partial charge in [-0.05, 0) is 49.4 Å². The van der Waals surface area contributed by atoms with E-state index < -0.39 is 21.4 Å². The summed E-state index contributed by atoms with van der Waals surface area (Å²) in [5.41, 5.74) is -1.17. The van der Waals surface area contributed by atoms with Gasteiger partial charge < -0.3 is 9.52 Å². The third kappa shape index (κ3) is 2.61. The van der Waals surface area contributed by atoms with Gasteiger partial charge in [-0.1, -0.05) is 12.1 Å². The van der Waals surface area contributed by atoms with Crippen molar-refractivity contribution in [2.24, 2.45) is 11.8 Å². The number of aliphatic hydroxyl groups is 1. The predicted octanol–water partition coefficient (Wildman–Crippen LogP) is 2.73. The Morgan fingerprint density at radius 3 is 2.72 bits per heavy atom. The molecule has 25 heavy (non-hydrogen) atoms. The van der Waals surface area contributed by atoms with Crippen LogP contribution in [0.5, 0.6) is 0 Å². The van der Waals surface area contributed by atoms with Crippen molar-refractivity contribution in [1.82, 2.24) is 4.31 Å². The van der Waals surface area contributed by atoms with Gasteiger partial charge in [-0.15, -0.1) is 0 Å². The molecule has 1 aromatic carbocycles. The molecule has 0 unspecified atom stereocenters. The second-order valence-electron chi connectivity index (χ2n) is 6.91. The van der Waals surface area contributed by atoms with E-state index in [1.165, 1.54) is 28.8 Å². The molecular formula is C18H20FNO4S. The maximum absolute atomic E-state index is 14.0. The van der Waals surface area contributed by atoms with Crippen LogP contribution in [0.2, 0.25) is 0 Å². The van der Waals surface area contributed by atoms with Crippen molar-refractivity contribution in [2.45, 2.75) is 29.8 Å². The number of furan rings is 1. The van der Waals surface area contributed by atoms with Gasteiger partial charge in [0.2, 0.25) is 10.0 Å². The summed E-state index contributed by atoms with van der Waals surface area (Å²) in [5, 5.41) is 11.2. The molecule has 1 aliphatic carbocycles. The highest BCUT2D eigenvalue weighted by atomic mass is 32.2. The van der Waals surface area contributed by atoms with Gasteiger partial charge in [0.15, 0.2) is 0 Å². The first-order valence-corrected chi connectivity index (χ1v) is 9.88. The summed E-state index contributed by atoms with van der Waals surface area (Å²) in [6.45, 7) is 0.461. The minimum Gasteiger partial charge on any atom is -0.466 e. The molecular weight excluding hydrogens is 345 g/mol. The molecule has 134 valence electrons. The largest absolute Gasteiger partial charge is 0.466 e. The molecule has 2 aromatic rings. The fourth-order valence-electron chi connectivity index (χ4n) is 4.30. The van der Waals surface area contributed by atoms with Crippen molar-refractivity contribution in [2.75, 3.05) is 13.1 Å². The predicted molar refractivity (Wildman–Crippen MR) is 88.6 cm³/mol. The second kappa shape index (κ2) is 5.93. The molecule has 2 fully saturated rings. The van der Waals surface area contributed by atoms with Crippen molar-refractivity contribution < 1.29 is 22.3 Å². The third-order valence-electron chi connectivity index (χ3n) is 5.56. The van der Waals surface area contributed by atoms with Crippen molar-refractivity contribution in [1.29, 1.82) is 0 Å². The van der Waals surface area contributed by atoms with Gasteiger partial charge >= 0.3 is 0 Å². The van der Waals surface area contributed by atoms with E-state index in [4.69, 9.17) is 4.42 Å². The van der Waals surface area contributed by atoms with E-state index in [2.05, 4.69) is 0 Å². The lowest BCUT2D eigenvalue weighted by Crippen LogP contribution is -2.42. The van der Waals surface area contributed by atoms with Crippen LogP contribution in [0.4, 0.5) is 4.39 Å². The fraction of sp³-hybridized carbons (Fsp3) is 0.444. The number of rotatable bonds is 3. The molecule has 2 heterocycles. The lowest BCUT2D eigenvalue weighted by molar-refractivity contribution is -0.0795. The zero-order valence-corrected chi connectivity index (χ0v) is 14.5. The van der Waals surface area contributed by atoms with E-state index in [9.17, 15) is 17.9 Å². The van der Waals surface area contributed by atoms with Crippen LogP contribution in [0, 0.1) is 17.7 Å². The van der Waals surface area contributed by atoms with E-state index in [1.54, 1.807) is 12.1 Å². The molecule has 1 saturated carbocycles. The quantitative estimate of drug-likeness (QED) is 0.908. The summed E-state index contributed by atoms with van der Waals surface area (Å²) in [5.74, 6) is -0.495. The van der Waals surface area contributed by atoms with E-state index in [0.717, 1.165) is 18.9 Å². The zero-order valence-electron chi connectivity index (χ0n) is 13.6. The molecule has 3 atom stereocenters. The van der Waals surface area contributed by atoms with Crippen LogP contribution >= 0.6 is 0 Å². The van der Waals surface area contributed by atoms with Crippen molar-refractivity contribution >= 4 is 10.0 Å². The number of hydrogen-bond donors (Lipinski definition) is 1. The topological polar surface area (TPSA) is 70.8 Å². The molecule has 0 bridgehead atoms. The molecule has 1 aromatic heterocycles. The van der Waals surface area contributed by atoms with Crippen LogP contribution in [0.25, 0.3) is 0 Å². The smallest absolute Gasteiger partial charge is 0.246 e. The minimum absolute atomic E-state index is 0.0328. The van der Waals surface area contributed by atoms with Crippen molar-refractivity contribution in [3.8, 4) is 0 Å². The molecule has 1 saturated heterocycles. The Kier molecular flexibility index (Phi) is 3.97. The highest BCUT2D eigenvalue weighted by Crippen LogP contribution is 2.49. The molecule has 0 spiro atoms. The number of nitrogens with zero attached hydrogens (tertiary/aromatic N) is 1. The molecule has 1 N–H and O–H groups in total. The normalized spacial score (nSPS) is 30.3. The van der Waals surface area contributed by atoms with Gasteiger partial charge in [-0.3, -0.25) is 0 Å². The van der Waals surface area contributed by atoms with Gasteiger partial charge in [0, 0.05) is 19.0 Å². The molecule has 5 nitrogen and oxygen atoms in total. The van der Waals surface area contributed by atoms with Crippen LogP contribution in [-0.4, -0.2) is 30.9 Å². The Morgan fingerprint density at radius 2 is 2.00 bits per heavy atom. The Bertz CT molecular complexity index is 867. The Morgan fingerprint density at radius 1 is 1.20 bits per heavy atom. The molecule has 1 aliphatic heterocycles. The second-order valence-corrected chi connectivity index (χ2v) is 8.82. The van der Waals surface area contributed by atoms with E-state index in [0.29, 0.717) is 18.7 Å². The Labute approximate surface area is 146 Å². The molecule has 2 aliphatic rings. The Balaban J connectivity index is 1.67. The van der Waals surface area contributed by atoms with Crippen LogP contribution in [0.3, 0.4) is 0 Å². The van der Waals surface area contributed by atoms with E-state index in [-0.39, 0.29) is 23.3 Å². The SMILES string of the molecule is O=S(=O)(c1ccccc1F)N1C[C@@H]2CCC[C@](O)(c3ccco3)[C@@H]2C1. The lowest BCUT2D eigenvalue weighted by Gasteiger charge is -2.39. The molecule has 7 heteroatoms. The fourth-order valence-corrected chi connectivity index (χ4v) is 5.89. The molecule has 0 amide bonds. The molecule has 0 radical (unpaired) electrons. The summed E-state index contributed by atoms with van der Waals surface area (Å²) < 4.78 is 46.5. The first-order valence-electron chi connectivity index (χ1n) is 8.44. The van der Waals surface area contributed by atoms with Gasteiger partial charge in [-0.2, -0.15) is 4.31 Å². The average Bonchev–Trinajstić information content (AvgIpc) is 3.26. The summed E-state index contributed by atoms with van der Waals surface area (Å²) in [4.78, 5) is -0.310. The highest BCUT2D eigenvalue weighted by Gasteiger charge is 2.53. The summed E-state index contributed by atoms with van der Waals surface area (Å²) in [7, 11) is -3.93. The summed E-state index contributed by atoms with van der Waals surface area (Å²) >= 11 is 0. The van der Waals surface area contributed by atoms with E-state index in [1.807, 2.05) is 0 Å². The Hall–Kier alpha value is -1.70. The highest BCUT2D eigenvalue weighted by molar-refractivity contribution is 7.89. The van der Waals surface area contributed by atoms with Crippen molar-refractivity contribution in [3.05, 3.63) is 54.2 Å². The average molecular weight is 365 g/mol. The molecule has 4 rings (SSSR count). The third-order valence-corrected chi connectivity index (χ3v) is 7.42. The summed E-state index contributed by atoms with van der Waals surface area (Å²) in [6.07, 6.45) is 3.69. The number of halogens is 1. The maximum atomic E-state index is 14.0. The number of fused-ring (bicyclic) bond motifs is 1. The maximum Gasteiger partial charge on any atom is 0.246 e. The first-order chi connectivity index (χ1) is 11.9. The number of hydrogen-bond acceptors (Lipinski definition) is 4. The summed E-state index contributed by atoms with van der Waals surface area (Å²) in [6, 6.07) is 8.86. The van der Waals surface area contributed by atoms with Crippen molar-refractivity contribution in [3.63, 3.8) is 0 Å². The van der Waals surface area contributed by atoms with Crippen LogP contribution in [-0.2, 0) is 15.6 Å². The van der Waals surface area contributed by atoms with Crippen LogP contribution < -0.4 is 0 Å². The van der Waals surface area contributed by atoms with Crippen LogP contribution in [0.15, 0.2) is 52.0 Å². The minimum atomic E-state index is -3.93. The van der Waals surface area contributed by atoms with Gasteiger partial charge in [0.25, 0.3) is 0 Å².